The maximum Gasteiger partial charge on any atom is 0.341 e. The highest BCUT2D eigenvalue weighted by Gasteiger charge is 2.33. The van der Waals surface area contributed by atoms with Gasteiger partial charge in [0.15, 0.2) is 0 Å². The molecule has 1 aromatic heterocycles. The molecule has 2 rings (SSSR count). The SMILES string of the molecule is O=C(O)c1cncnc1NCC1(CCO)CCCC1. The molecule has 0 atom stereocenters. The third-order valence-corrected chi connectivity index (χ3v) is 3.88. The number of carboxylic acids is 1. The van der Waals surface area contributed by atoms with Crippen LogP contribution in [-0.4, -0.2) is 39.3 Å². The minimum atomic E-state index is -1.04. The molecule has 1 aliphatic carbocycles. The smallest absolute Gasteiger partial charge is 0.341 e. The average molecular weight is 265 g/mol. The number of aromatic carboxylic acids is 1. The van der Waals surface area contributed by atoms with Gasteiger partial charge in [0, 0.05) is 19.3 Å². The largest absolute Gasteiger partial charge is 0.477 e. The first-order valence-electron chi connectivity index (χ1n) is 6.55. The first kappa shape index (κ1) is 13.7. The predicted octanol–water partition coefficient (Wildman–Crippen LogP) is 1.53. The number of aliphatic hydroxyl groups excluding tert-OH is 1. The number of carboxylic acid groups (broad SMARTS) is 1. The summed E-state index contributed by atoms with van der Waals surface area (Å²) in [7, 11) is 0. The second-order valence-electron chi connectivity index (χ2n) is 5.12. The van der Waals surface area contributed by atoms with Crippen LogP contribution in [0.5, 0.6) is 0 Å². The highest BCUT2D eigenvalue weighted by molar-refractivity contribution is 5.92. The molecule has 19 heavy (non-hydrogen) atoms. The number of carbonyl (C=O) groups is 1. The van der Waals surface area contributed by atoms with Crippen LogP contribution in [0.25, 0.3) is 0 Å². The molecule has 6 nitrogen and oxygen atoms in total. The minimum absolute atomic E-state index is 0.0650. The summed E-state index contributed by atoms with van der Waals surface area (Å²) in [6.45, 7) is 0.808. The van der Waals surface area contributed by atoms with E-state index in [0.29, 0.717) is 12.4 Å². The lowest BCUT2D eigenvalue weighted by atomic mass is 9.83. The van der Waals surface area contributed by atoms with Crippen LogP contribution >= 0.6 is 0 Å². The van der Waals surface area contributed by atoms with Crippen LogP contribution < -0.4 is 5.32 Å². The molecule has 0 bridgehead atoms. The molecule has 1 aromatic rings. The summed E-state index contributed by atoms with van der Waals surface area (Å²) in [4.78, 5) is 18.8. The second-order valence-corrected chi connectivity index (χ2v) is 5.12. The van der Waals surface area contributed by atoms with Gasteiger partial charge < -0.3 is 15.5 Å². The van der Waals surface area contributed by atoms with Crippen LogP contribution in [0.15, 0.2) is 12.5 Å². The van der Waals surface area contributed by atoms with Crippen molar-refractivity contribution in [1.82, 2.24) is 9.97 Å². The van der Waals surface area contributed by atoms with Gasteiger partial charge in [-0.25, -0.2) is 14.8 Å². The zero-order valence-corrected chi connectivity index (χ0v) is 10.8. The Morgan fingerprint density at radius 1 is 1.42 bits per heavy atom. The third kappa shape index (κ3) is 3.20. The third-order valence-electron chi connectivity index (χ3n) is 3.88. The number of aliphatic hydroxyl groups is 1. The Kier molecular flexibility index (Phi) is 4.31. The van der Waals surface area contributed by atoms with Crippen molar-refractivity contribution in [2.45, 2.75) is 32.1 Å². The Balaban J connectivity index is 2.07. The molecule has 0 unspecified atom stereocenters. The van der Waals surface area contributed by atoms with Crippen LogP contribution in [0, 0.1) is 5.41 Å². The fraction of sp³-hybridized carbons (Fsp3) is 0.615. The van der Waals surface area contributed by atoms with E-state index in [9.17, 15) is 9.90 Å². The molecule has 104 valence electrons. The van der Waals surface area contributed by atoms with Gasteiger partial charge in [0.25, 0.3) is 0 Å². The van der Waals surface area contributed by atoms with E-state index >= 15 is 0 Å². The number of nitrogens with zero attached hydrogens (tertiary/aromatic N) is 2. The molecule has 0 radical (unpaired) electrons. The molecule has 1 aliphatic rings. The molecule has 1 heterocycles. The summed E-state index contributed by atoms with van der Waals surface area (Å²) in [6, 6.07) is 0. The van der Waals surface area contributed by atoms with Crippen molar-refractivity contribution in [2.75, 3.05) is 18.5 Å². The maximum atomic E-state index is 11.1. The topological polar surface area (TPSA) is 95.3 Å². The molecular weight excluding hydrogens is 246 g/mol. The standard InChI is InChI=1S/C13H19N3O3/c17-6-5-13(3-1-2-4-13)8-15-11-10(12(18)19)7-14-9-16-11/h7,9,17H,1-6,8H2,(H,18,19)(H,14,15,16). The van der Waals surface area contributed by atoms with Crippen molar-refractivity contribution >= 4 is 11.8 Å². The van der Waals surface area contributed by atoms with Crippen LogP contribution in [-0.2, 0) is 0 Å². The van der Waals surface area contributed by atoms with E-state index in [4.69, 9.17) is 5.11 Å². The van der Waals surface area contributed by atoms with E-state index in [0.717, 1.165) is 32.1 Å². The summed E-state index contributed by atoms with van der Waals surface area (Å²) in [5.74, 6) is -0.683. The monoisotopic (exact) mass is 265 g/mol. The van der Waals surface area contributed by atoms with Gasteiger partial charge >= 0.3 is 5.97 Å². The van der Waals surface area contributed by atoms with Crippen LogP contribution in [0.1, 0.15) is 42.5 Å². The van der Waals surface area contributed by atoms with Crippen LogP contribution in [0.4, 0.5) is 5.82 Å². The van der Waals surface area contributed by atoms with Crippen molar-refractivity contribution < 1.29 is 15.0 Å². The zero-order chi connectivity index (χ0) is 13.7. The Bertz CT molecular complexity index is 445. The molecule has 1 fully saturated rings. The first-order valence-corrected chi connectivity index (χ1v) is 6.55. The van der Waals surface area contributed by atoms with Crippen LogP contribution in [0.2, 0.25) is 0 Å². The summed E-state index contributed by atoms with van der Waals surface area (Å²) in [5.41, 5.74) is 0.148. The van der Waals surface area contributed by atoms with Gasteiger partial charge in [0.05, 0.1) is 0 Å². The predicted molar refractivity (Wildman–Crippen MR) is 70.1 cm³/mol. The Morgan fingerprint density at radius 2 is 2.16 bits per heavy atom. The van der Waals surface area contributed by atoms with Crippen molar-refractivity contribution in [3.63, 3.8) is 0 Å². The molecule has 1 saturated carbocycles. The van der Waals surface area contributed by atoms with Crippen molar-refractivity contribution in [1.29, 1.82) is 0 Å². The molecule has 0 aliphatic heterocycles. The minimum Gasteiger partial charge on any atom is -0.477 e. The fourth-order valence-electron chi connectivity index (χ4n) is 2.78. The Morgan fingerprint density at radius 3 is 2.79 bits per heavy atom. The normalized spacial score (nSPS) is 17.3. The molecular formula is C13H19N3O3. The van der Waals surface area contributed by atoms with Gasteiger partial charge in [-0.2, -0.15) is 0 Å². The van der Waals surface area contributed by atoms with E-state index in [1.165, 1.54) is 12.5 Å². The highest BCUT2D eigenvalue weighted by atomic mass is 16.4. The van der Waals surface area contributed by atoms with Crippen LogP contribution in [0.3, 0.4) is 0 Å². The van der Waals surface area contributed by atoms with E-state index in [1.807, 2.05) is 0 Å². The second kappa shape index (κ2) is 5.97. The highest BCUT2D eigenvalue weighted by Crippen LogP contribution is 2.40. The molecule has 6 heteroatoms. The quantitative estimate of drug-likeness (QED) is 0.722. The van der Waals surface area contributed by atoms with Gasteiger partial charge in [-0.05, 0) is 24.7 Å². The lowest BCUT2D eigenvalue weighted by Crippen LogP contribution is -2.28. The number of hydrogen-bond acceptors (Lipinski definition) is 5. The van der Waals surface area contributed by atoms with E-state index < -0.39 is 5.97 Å². The number of anilines is 1. The zero-order valence-electron chi connectivity index (χ0n) is 10.8. The van der Waals surface area contributed by atoms with Gasteiger partial charge in [0.2, 0.25) is 0 Å². The maximum absolute atomic E-state index is 11.1. The molecule has 3 N–H and O–H groups in total. The van der Waals surface area contributed by atoms with Gasteiger partial charge in [-0.3, -0.25) is 0 Å². The Labute approximate surface area is 111 Å². The number of nitrogens with one attached hydrogen (secondary N) is 1. The van der Waals surface area contributed by atoms with E-state index in [2.05, 4.69) is 15.3 Å². The van der Waals surface area contributed by atoms with Gasteiger partial charge in [-0.15, -0.1) is 0 Å². The first-order chi connectivity index (χ1) is 9.17. The van der Waals surface area contributed by atoms with Gasteiger partial charge in [-0.1, -0.05) is 12.8 Å². The Hall–Kier alpha value is -1.69. The fourth-order valence-corrected chi connectivity index (χ4v) is 2.78. The lowest BCUT2D eigenvalue weighted by Gasteiger charge is -2.28. The summed E-state index contributed by atoms with van der Waals surface area (Å²) < 4.78 is 0. The average Bonchev–Trinajstić information content (AvgIpc) is 2.86. The van der Waals surface area contributed by atoms with E-state index in [-0.39, 0.29) is 17.6 Å². The number of aromatic nitrogens is 2. The van der Waals surface area contributed by atoms with Crippen molar-refractivity contribution in [2.24, 2.45) is 5.41 Å². The van der Waals surface area contributed by atoms with E-state index in [1.54, 1.807) is 0 Å². The number of rotatable bonds is 6. The van der Waals surface area contributed by atoms with Gasteiger partial charge in [0.1, 0.15) is 17.7 Å². The molecule has 0 saturated heterocycles. The molecule has 0 spiro atoms. The lowest BCUT2D eigenvalue weighted by molar-refractivity contribution is 0.0697. The number of hydrogen-bond donors (Lipinski definition) is 3. The summed E-state index contributed by atoms with van der Waals surface area (Å²) >= 11 is 0. The molecule has 0 amide bonds. The molecule has 0 aromatic carbocycles. The van der Waals surface area contributed by atoms with Crippen molar-refractivity contribution in [3.8, 4) is 0 Å². The van der Waals surface area contributed by atoms with Crippen molar-refractivity contribution in [3.05, 3.63) is 18.1 Å². The summed E-state index contributed by atoms with van der Waals surface area (Å²) in [5, 5.41) is 21.4. The summed E-state index contributed by atoms with van der Waals surface area (Å²) in [6.07, 6.45) is 7.83.